The standard InChI is InChI=1S/C11H7Cl2NO3/c1-16-11(15)6-2-3-7(12)9(10(6)13)8-4-5-17-14-8/h2-5H,1H3. The topological polar surface area (TPSA) is 52.3 Å². The van der Waals surface area contributed by atoms with E-state index in [1.165, 1.54) is 19.4 Å². The average molecular weight is 272 g/mol. The van der Waals surface area contributed by atoms with Crippen LogP contribution in [-0.4, -0.2) is 18.2 Å². The molecule has 0 aliphatic rings. The molecule has 0 aliphatic heterocycles. The van der Waals surface area contributed by atoms with E-state index in [0.29, 0.717) is 16.3 Å². The van der Waals surface area contributed by atoms with Crippen molar-refractivity contribution in [2.75, 3.05) is 7.11 Å². The number of halogens is 2. The van der Waals surface area contributed by atoms with Gasteiger partial charge in [0.05, 0.1) is 22.7 Å². The van der Waals surface area contributed by atoms with Crippen molar-refractivity contribution in [3.63, 3.8) is 0 Å². The van der Waals surface area contributed by atoms with Gasteiger partial charge in [-0.3, -0.25) is 0 Å². The molecule has 0 atom stereocenters. The normalized spacial score (nSPS) is 10.3. The Balaban J connectivity index is 2.63. The summed E-state index contributed by atoms with van der Waals surface area (Å²) in [5.74, 6) is -0.531. The van der Waals surface area contributed by atoms with Crippen molar-refractivity contribution in [2.45, 2.75) is 0 Å². The smallest absolute Gasteiger partial charge is 0.339 e. The Morgan fingerprint density at radius 1 is 1.35 bits per heavy atom. The monoisotopic (exact) mass is 271 g/mol. The van der Waals surface area contributed by atoms with Gasteiger partial charge in [0.2, 0.25) is 0 Å². The Bertz CT molecular complexity index is 552. The predicted octanol–water partition coefficient (Wildman–Crippen LogP) is 3.44. The van der Waals surface area contributed by atoms with E-state index in [2.05, 4.69) is 9.89 Å². The van der Waals surface area contributed by atoms with E-state index in [9.17, 15) is 4.79 Å². The van der Waals surface area contributed by atoms with Crippen molar-refractivity contribution >= 4 is 29.2 Å². The lowest BCUT2D eigenvalue weighted by atomic mass is 10.1. The largest absolute Gasteiger partial charge is 0.465 e. The highest BCUT2D eigenvalue weighted by Gasteiger charge is 2.19. The first kappa shape index (κ1) is 12.0. The first-order chi connectivity index (χ1) is 8.15. The number of esters is 1. The summed E-state index contributed by atoms with van der Waals surface area (Å²) in [5.41, 5.74) is 1.15. The van der Waals surface area contributed by atoms with Crippen LogP contribution in [0.25, 0.3) is 11.3 Å². The summed E-state index contributed by atoms with van der Waals surface area (Å²) in [6.07, 6.45) is 1.40. The van der Waals surface area contributed by atoms with Crippen molar-refractivity contribution in [1.29, 1.82) is 0 Å². The molecule has 1 aromatic heterocycles. The number of benzene rings is 1. The summed E-state index contributed by atoms with van der Waals surface area (Å²) in [6, 6.07) is 4.66. The maximum Gasteiger partial charge on any atom is 0.339 e. The van der Waals surface area contributed by atoms with Gasteiger partial charge in [-0.2, -0.15) is 0 Å². The Hall–Kier alpha value is -1.52. The van der Waals surface area contributed by atoms with E-state index in [1.807, 2.05) is 0 Å². The number of methoxy groups -OCH3 is 1. The summed E-state index contributed by atoms with van der Waals surface area (Å²) < 4.78 is 9.34. The second-order valence-electron chi connectivity index (χ2n) is 3.16. The summed E-state index contributed by atoms with van der Waals surface area (Å²) in [6.45, 7) is 0. The first-order valence-corrected chi connectivity index (χ1v) is 5.37. The fourth-order valence-corrected chi connectivity index (χ4v) is 2.04. The van der Waals surface area contributed by atoms with Crippen LogP contribution in [0.4, 0.5) is 0 Å². The summed E-state index contributed by atoms with van der Waals surface area (Å²) in [7, 11) is 1.28. The highest BCUT2D eigenvalue weighted by atomic mass is 35.5. The number of ether oxygens (including phenoxy) is 1. The Morgan fingerprint density at radius 2 is 2.12 bits per heavy atom. The van der Waals surface area contributed by atoms with Gasteiger partial charge in [-0.05, 0) is 12.1 Å². The fourth-order valence-electron chi connectivity index (χ4n) is 1.40. The van der Waals surface area contributed by atoms with Gasteiger partial charge < -0.3 is 9.26 Å². The number of hydrogen-bond acceptors (Lipinski definition) is 4. The van der Waals surface area contributed by atoms with Crippen LogP contribution in [0, 0.1) is 0 Å². The quantitative estimate of drug-likeness (QED) is 0.786. The zero-order valence-corrected chi connectivity index (χ0v) is 10.2. The molecule has 17 heavy (non-hydrogen) atoms. The third kappa shape index (κ3) is 2.14. The molecule has 1 aromatic carbocycles. The molecule has 6 heteroatoms. The molecule has 1 heterocycles. The molecule has 0 unspecified atom stereocenters. The first-order valence-electron chi connectivity index (χ1n) is 4.62. The second-order valence-corrected chi connectivity index (χ2v) is 3.95. The van der Waals surface area contributed by atoms with Gasteiger partial charge in [-0.25, -0.2) is 4.79 Å². The van der Waals surface area contributed by atoms with Crippen LogP contribution in [0.5, 0.6) is 0 Å². The highest BCUT2D eigenvalue weighted by molar-refractivity contribution is 6.40. The van der Waals surface area contributed by atoms with Crippen molar-refractivity contribution in [2.24, 2.45) is 0 Å². The molecule has 4 nitrogen and oxygen atoms in total. The number of rotatable bonds is 2. The minimum absolute atomic E-state index is 0.193. The van der Waals surface area contributed by atoms with Gasteiger partial charge in [0.25, 0.3) is 0 Å². The molecule has 0 spiro atoms. The summed E-state index contributed by atoms with van der Waals surface area (Å²) >= 11 is 12.1. The molecule has 0 amide bonds. The lowest BCUT2D eigenvalue weighted by molar-refractivity contribution is 0.0601. The van der Waals surface area contributed by atoms with Crippen molar-refractivity contribution in [3.05, 3.63) is 40.1 Å². The minimum atomic E-state index is -0.531. The molecule has 0 saturated heterocycles. The Morgan fingerprint density at radius 3 is 2.71 bits per heavy atom. The van der Waals surface area contributed by atoms with Gasteiger partial charge in [-0.1, -0.05) is 28.4 Å². The third-order valence-corrected chi connectivity index (χ3v) is 2.90. The third-order valence-electron chi connectivity index (χ3n) is 2.19. The number of hydrogen-bond donors (Lipinski definition) is 0. The molecular weight excluding hydrogens is 265 g/mol. The van der Waals surface area contributed by atoms with Crippen molar-refractivity contribution in [1.82, 2.24) is 5.16 Å². The number of aromatic nitrogens is 1. The molecule has 0 N–H and O–H groups in total. The molecule has 0 saturated carbocycles. The number of nitrogens with zero attached hydrogens (tertiary/aromatic N) is 1. The molecule has 88 valence electrons. The van der Waals surface area contributed by atoms with Gasteiger partial charge in [0.1, 0.15) is 12.0 Å². The maximum atomic E-state index is 11.5. The van der Waals surface area contributed by atoms with Crippen LogP contribution in [0.1, 0.15) is 10.4 Å². The van der Waals surface area contributed by atoms with Gasteiger partial charge >= 0.3 is 5.97 Å². The Kier molecular flexibility index (Phi) is 3.36. The molecule has 0 bridgehead atoms. The molecule has 0 aliphatic carbocycles. The van der Waals surface area contributed by atoms with E-state index < -0.39 is 5.97 Å². The van der Waals surface area contributed by atoms with Crippen LogP contribution in [0.2, 0.25) is 10.0 Å². The van der Waals surface area contributed by atoms with E-state index in [1.54, 1.807) is 12.1 Å². The predicted molar refractivity (Wildman–Crippen MR) is 63.3 cm³/mol. The second kappa shape index (κ2) is 4.77. The lowest BCUT2D eigenvalue weighted by Gasteiger charge is -2.07. The zero-order chi connectivity index (χ0) is 12.4. The minimum Gasteiger partial charge on any atom is -0.465 e. The van der Waals surface area contributed by atoms with Gasteiger partial charge in [-0.15, -0.1) is 0 Å². The van der Waals surface area contributed by atoms with Gasteiger partial charge in [0.15, 0.2) is 0 Å². The molecule has 0 fully saturated rings. The van der Waals surface area contributed by atoms with Crippen LogP contribution >= 0.6 is 23.2 Å². The molecular formula is C11H7Cl2NO3. The van der Waals surface area contributed by atoms with E-state index in [-0.39, 0.29) is 10.6 Å². The maximum absolute atomic E-state index is 11.5. The average Bonchev–Trinajstić information content (AvgIpc) is 2.82. The molecule has 2 rings (SSSR count). The lowest BCUT2D eigenvalue weighted by Crippen LogP contribution is -2.03. The summed E-state index contributed by atoms with van der Waals surface area (Å²) in [5, 5.41) is 4.32. The van der Waals surface area contributed by atoms with Gasteiger partial charge in [0, 0.05) is 11.6 Å². The van der Waals surface area contributed by atoms with Crippen molar-refractivity contribution < 1.29 is 14.1 Å². The Labute approximate surface area is 107 Å². The van der Waals surface area contributed by atoms with Crippen LogP contribution in [-0.2, 0) is 4.74 Å². The molecule has 0 radical (unpaired) electrons. The van der Waals surface area contributed by atoms with E-state index >= 15 is 0 Å². The zero-order valence-electron chi connectivity index (χ0n) is 8.74. The number of carbonyl (C=O) groups excluding carboxylic acids is 1. The van der Waals surface area contributed by atoms with Crippen LogP contribution in [0.15, 0.2) is 29.0 Å². The van der Waals surface area contributed by atoms with E-state index in [4.69, 9.17) is 27.7 Å². The SMILES string of the molecule is COC(=O)c1ccc(Cl)c(-c2ccon2)c1Cl. The molecule has 2 aromatic rings. The van der Waals surface area contributed by atoms with Crippen molar-refractivity contribution in [3.8, 4) is 11.3 Å². The fraction of sp³-hybridized carbons (Fsp3) is 0.0909. The summed E-state index contributed by atoms with van der Waals surface area (Å²) in [4.78, 5) is 11.5. The van der Waals surface area contributed by atoms with E-state index in [0.717, 1.165) is 0 Å². The van der Waals surface area contributed by atoms with Crippen LogP contribution in [0.3, 0.4) is 0 Å². The highest BCUT2D eigenvalue weighted by Crippen LogP contribution is 2.36. The number of carbonyl (C=O) groups is 1. The van der Waals surface area contributed by atoms with Crippen LogP contribution < -0.4 is 0 Å².